The van der Waals surface area contributed by atoms with E-state index < -0.39 is 0 Å². The Morgan fingerprint density at radius 2 is 2.08 bits per heavy atom. The first kappa shape index (κ1) is 17.1. The van der Waals surface area contributed by atoms with E-state index in [2.05, 4.69) is 22.3 Å². The predicted octanol–water partition coefficient (Wildman–Crippen LogP) is 3.07. The Hall–Kier alpha value is -2.73. The van der Waals surface area contributed by atoms with Crippen LogP contribution in [0.2, 0.25) is 0 Å². The molecule has 6 heteroatoms. The summed E-state index contributed by atoms with van der Waals surface area (Å²) in [5.41, 5.74) is 3.70. The molecule has 0 fully saturated rings. The van der Waals surface area contributed by atoms with E-state index in [0.717, 1.165) is 24.1 Å². The molecule has 6 nitrogen and oxygen atoms in total. The topological polar surface area (TPSA) is 68.5 Å². The van der Waals surface area contributed by atoms with Crippen molar-refractivity contribution in [2.45, 2.75) is 26.4 Å². The molecule has 1 amide bonds. The van der Waals surface area contributed by atoms with Crippen LogP contribution >= 0.6 is 0 Å². The highest BCUT2D eigenvalue weighted by atomic mass is 16.5. The quantitative estimate of drug-likeness (QED) is 0.672. The van der Waals surface area contributed by atoms with Crippen LogP contribution in [0.4, 0.5) is 0 Å². The molecule has 0 aliphatic carbocycles. The number of rotatable bonds is 7. The van der Waals surface area contributed by atoms with Crippen LogP contribution in [0.15, 0.2) is 42.6 Å². The Bertz CT molecular complexity index is 858. The van der Waals surface area contributed by atoms with Gasteiger partial charge in [-0.1, -0.05) is 43.7 Å². The Morgan fingerprint density at radius 1 is 1.28 bits per heavy atom. The SMILES string of the molecule is CCCCNC(=O)c1cnc2cc(-c3ccccc3)nn2c1COC. The van der Waals surface area contributed by atoms with Crippen LogP contribution in [-0.4, -0.2) is 34.2 Å². The van der Waals surface area contributed by atoms with Gasteiger partial charge in [-0.25, -0.2) is 9.50 Å². The van der Waals surface area contributed by atoms with Crippen molar-refractivity contribution in [3.63, 3.8) is 0 Å². The number of carbonyl (C=O) groups excluding carboxylic acids is 1. The molecule has 0 spiro atoms. The molecule has 0 radical (unpaired) electrons. The Balaban J connectivity index is 2.01. The summed E-state index contributed by atoms with van der Waals surface area (Å²) >= 11 is 0. The van der Waals surface area contributed by atoms with Gasteiger partial charge < -0.3 is 10.1 Å². The predicted molar refractivity (Wildman–Crippen MR) is 96.4 cm³/mol. The van der Waals surface area contributed by atoms with E-state index in [1.807, 2.05) is 36.4 Å². The molecule has 1 N–H and O–H groups in total. The number of unbranched alkanes of at least 4 members (excludes halogenated alkanes) is 1. The van der Waals surface area contributed by atoms with Crippen molar-refractivity contribution in [3.05, 3.63) is 53.9 Å². The lowest BCUT2D eigenvalue weighted by atomic mass is 10.2. The normalized spacial score (nSPS) is 11.0. The molecule has 0 unspecified atom stereocenters. The molecule has 2 aromatic heterocycles. The average molecular weight is 338 g/mol. The Labute approximate surface area is 146 Å². The van der Waals surface area contributed by atoms with E-state index in [4.69, 9.17) is 4.74 Å². The van der Waals surface area contributed by atoms with E-state index in [-0.39, 0.29) is 12.5 Å². The van der Waals surface area contributed by atoms with Gasteiger partial charge in [-0.05, 0) is 6.42 Å². The molecule has 0 aliphatic rings. The van der Waals surface area contributed by atoms with Gasteiger partial charge in [0, 0.05) is 31.5 Å². The van der Waals surface area contributed by atoms with Gasteiger partial charge in [-0.2, -0.15) is 5.10 Å². The minimum Gasteiger partial charge on any atom is -0.378 e. The summed E-state index contributed by atoms with van der Waals surface area (Å²) in [6, 6.07) is 11.8. The number of methoxy groups -OCH3 is 1. The van der Waals surface area contributed by atoms with Crippen LogP contribution in [0.25, 0.3) is 16.9 Å². The molecule has 0 saturated heterocycles. The largest absolute Gasteiger partial charge is 0.378 e. The fourth-order valence-corrected chi connectivity index (χ4v) is 2.67. The molecule has 0 aliphatic heterocycles. The summed E-state index contributed by atoms with van der Waals surface area (Å²) in [5.74, 6) is -0.147. The van der Waals surface area contributed by atoms with Gasteiger partial charge in [0.25, 0.3) is 5.91 Å². The molecule has 3 aromatic rings. The molecule has 25 heavy (non-hydrogen) atoms. The van der Waals surface area contributed by atoms with Crippen LogP contribution < -0.4 is 5.32 Å². The summed E-state index contributed by atoms with van der Waals surface area (Å²) in [6.45, 7) is 3.02. The summed E-state index contributed by atoms with van der Waals surface area (Å²) in [6.07, 6.45) is 3.57. The van der Waals surface area contributed by atoms with Gasteiger partial charge in [0.2, 0.25) is 0 Å². The summed E-state index contributed by atoms with van der Waals surface area (Å²) < 4.78 is 6.99. The summed E-state index contributed by atoms with van der Waals surface area (Å²) in [7, 11) is 1.60. The van der Waals surface area contributed by atoms with Crippen molar-refractivity contribution in [3.8, 4) is 11.3 Å². The molecule has 0 saturated carbocycles. The number of fused-ring (bicyclic) bond motifs is 1. The zero-order valence-electron chi connectivity index (χ0n) is 14.5. The third kappa shape index (κ3) is 3.69. The zero-order valence-corrected chi connectivity index (χ0v) is 14.5. The Morgan fingerprint density at radius 3 is 2.80 bits per heavy atom. The van der Waals surface area contributed by atoms with E-state index in [1.165, 1.54) is 0 Å². The number of amides is 1. The van der Waals surface area contributed by atoms with Crippen LogP contribution in [0.3, 0.4) is 0 Å². The van der Waals surface area contributed by atoms with Crippen molar-refractivity contribution in [1.29, 1.82) is 0 Å². The standard InChI is InChI=1S/C19H22N4O2/c1-3-4-10-20-19(24)15-12-21-18-11-16(14-8-6-5-7-9-14)22-23(18)17(15)13-25-2/h5-9,11-12H,3-4,10,13H2,1-2H3,(H,20,24). The highest BCUT2D eigenvalue weighted by molar-refractivity contribution is 5.95. The molecule has 0 atom stereocenters. The number of benzene rings is 1. The first-order valence-electron chi connectivity index (χ1n) is 8.44. The maximum atomic E-state index is 12.5. The van der Waals surface area contributed by atoms with E-state index >= 15 is 0 Å². The molecule has 0 bridgehead atoms. The third-order valence-electron chi connectivity index (χ3n) is 3.99. The van der Waals surface area contributed by atoms with Gasteiger partial charge in [0.1, 0.15) is 0 Å². The zero-order chi connectivity index (χ0) is 17.6. The fraction of sp³-hybridized carbons (Fsp3) is 0.316. The lowest BCUT2D eigenvalue weighted by molar-refractivity contribution is 0.0946. The lowest BCUT2D eigenvalue weighted by Crippen LogP contribution is -2.27. The number of aromatic nitrogens is 3. The summed E-state index contributed by atoms with van der Waals surface area (Å²) in [5, 5.41) is 7.56. The third-order valence-corrected chi connectivity index (χ3v) is 3.99. The van der Waals surface area contributed by atoms with E-state index in [1.54, 1.807) is 17.8 Å². The smallest absolute Gasteiger partial charge is 0.254 e. The van der Waals surface area contributed by atoms with Crippen molar-refractivity contribution in [2.24, 2.45) is 0 Å². The monoisotopic (exact) mass is 338 g/mol. The van der Waals surface area contributed by atoms with Crippen LogP contribution in [0.1, 0.15) is 35.8 Å². The molecule has 3 rings (SSSR count). The average Bonchev–Trinajstić information content (AvgIpc) is 3.08. The van der Waals surface area contributed by atoms with Crippen molar-refractivity contribution in [2.75, 3.05) is 13.7 Å². The minimum atomic E-state index is -0.147. The van der Waals surface area contributed by atoms with Gasteiger partial charge in [-0.3, -0.25) is 4.79 Å². The van der Waals surface area contributed by atoms with Gasteiger partial charge >= 0.3 is 0 Å². The highest BCUT2D eigenvalue weighted by Gasteiger charge is 2.17. The molecular formula is C19H22N4O2. The number of carbonyl (C=O) groups is 1. The number of hydrogen-bond acceptors (Lipinski definition) is 4. The molecule has 1 aromatic carbocycles. The maximum Gasteiger partial charge on any atom is 0.254 e. The number of hydrogen-bond donors (Lipinski definition) is 1. The van der Waals surface area contributed by atoms with E-state index in [0.29, 0.717) is 23.4 Å². The van der Waals surface area contributed by atoms with Gasteiger partial charge in [0.15, 0.2) is 5.65 Å². The second kappa shape index (κ2) is 7.90. The molecule has 130 valence electrons. The number of ether oxygens (including phenoxy) is 1. The first-order valence-corrected chi connectivity index (χ1v) is 8.44. The lowest BCUT2D eigenvalue weighted by Gasteiger charge is -2.10. The fourth-order valence-electron chi connectivity index (χ4n) is 2.67. The summed E-state index contributed by atoms with van der Waals surface area (Å²) in [4.78, 5) is 16.9. The van der Waals surface area contributed by atoms with Crippen molar-refractivity contribution >= 4 is 11.6 Å². The minimum absolute atomic E-state index is 0.147. The second-order valence-electron chi connectivity index (χ2n) is 5.83. The Kier molecular flexibility index (Phi) is 5.40. The second-order valence-corrected chi connectivity index (χ2v) is 5.83. The van der Waals surface area contributed by atoms with Crippen LogP contribution in [0, 0.1) is 0 Å². The first-order chi connectivity index (χ1) is 12.2. The van der Waals surface area contributed by atoms with Crippen molar-refractivity contribution < 1.29 is 9.53 Å². The molecular weight excluding hydrogens is 316 g/mol. The van der Waals surface area contributed by atoms with Gasteiger partial charge in [0.05, 0.1) is 23.6 Å². The van der Waals surface area contributed by atoms with Gasteiger partial charge in [-0.15, -0.1) is 0 Å². The van der Waals surface area contributed by atoms with E-state index in [9.17, 15) is 4.79 Å². The van der Waals surface area contributed by atoms with Crippen LogP contribution in [0.5, 0.6) is 0 Å². The maximum absolute atomic E-state index is 12.5. The van der Waals surface area contributed by atoms with Crippen LogP contribution in [-0.2, 0) is 11.3 Å². The molecule has 2 heterocycles. The number of nitrogens with one attached hydrogen (secondary N) is 1. The van der Waals surface area contributed by atoms with Crippen molar-refractivity contribution in [1.82, 2.24) is 19.9 Å². The number of nitrogens with zero attached hydrogens (tertiary/aromatic N) is 3. The highest BCUT2D eigenvalue weighted by Crippen LogP contribution is 2.21.